The number of hydrogen-bond donors (Lipinski definition) is 1. The van der Waals surface area contributed by atoms with Crippen LogP contribution in [0.1, 0.15) is 32.3 Å². The van der Waals surface area contributed by atoms with E-state index in [1.807, 2.05) is 0 Å². The van der Waals surface area contributed by atoms with Crippen LogP contribution in [0.5, 0.6) is 0 Å². The Morgan fingerprint density at radius 1 is 1.29 bits per heavy atom. The summed E-state index contributed by atoms with van der Waals surface area (Å²) < 4.78 is 1.26. The van der Waals surface area contributed by atoms with Crippen molar-refractivity contribution in [1.29, 1.82) is 0 Å². The van der Waals surface area contributed by atoms with E-state index in [-0.39, 0.29) is 0 Å². The van der Waals surface area contributed by atoms with Crippen LogP contribution in [0, 0.1) is 11.8 Å². The molecular weight excluding hydrogens is 274 g/mol. The van der Waals surface area contributed by atoms with Crippen LogP contribution in [0.25, 0.3) is 0 Å². The molecule has 0 aliphatic heterocycles. The van der Waals surface area contributed by atoms with Gasteiger partial charge >= 0.3 is 0 Å². The van der Waals surface area contributed by atoms with Gasteiger partial charge in [0.15, 0.2) is 0 Å². The minimum absolute atomic E-state index is 0.729. The fourth-order valence-corrected chi connectivity index (χ4v) is 3.48. The minimum atomic E-state index is 0.729. The third-order valence-corrected chi connectivity index (χ3v) is 4.91. The van der Waals surface area contributed by atoms with Gasteiger partial charge in [0.25, 0.3) is 0 Å². The van der Waals surface area contributed by atoms with Crippen molar-refractivity contribution >= 4 is 15.9 Å². The standard InChI is InChI=1S/C15H22BrN/c1-3-17-15-9-8-12(11(15)2)10-13-6-4-5-7-14(13)16/h4-7,11-12,15,17H,3,8-10H2,1-2H3. The van der Waals surface area contributed by atoms with Crippen LogP contribution in [0.15, 0.2) is 28.7 Å². The molecule has 2 rings (SSSR count). The van der Waals surface area contributed by atoms with Gasteiger partial charge in [-0.25, -0.2) is 0 Å². The molecule has 2 heteroatoms. The molecule has 0 spiro atoms. The lowest BCUT2D eigenvalue weighted by molar-refractivity contribution is 0.355. The summed E-state index contributed by atoms with van der Waals surface area (Å²) in [4.78, 5) is 0. The van der Waals surface area contributed by atoms with E-state index < -0.39 is 0 Å². The summed E-state index contributed by atoms with van der Waals surface area (Å²) in [6.07, 6.45) is 3.91. The van der Waals surface area contributed by atoms with E-state index in [0.29, 0.717) is 0 Å². The zero-order chi connectivity index (χ0) is 12.3. The summed E-state index contributed by atoms with van der Waals surface area (Å²) in [5.74, 6) is 1.62. The molecule has 0 amide bonds. The lowest BCUT2D eigenvalue weighted by atomic mass is 9.89. The molecule has 3 unspecified atom stereocenters. The molecule has 1 saturated carbocycles. The van der Waals surface area contributed by atoms with Crippen LogP contribution in [0.4, 0.5) is 0 Å². The van der Waals surface area contributed by atoms with Crippen molar-refractivity contribution in [2.75, 3.05) is 6.54 Å². The number of halogens is 1. The molecule has 0 heterocycles. The Hall–Kier alpha value is -0.340. The van der Waals surface area contributed by atoms with Crippen molar-refractivity contribution in [3.05, 3.63) is 34.3 Å². The first-order valence-corrected chi connectivity index (χ1v) is 7.48. The Morgan fingerprint density at radius 3 is 2.76 bits per heavy atom. The highest BCUT2D eigenvalue weighted by molar-refractivity contribution is 9.10. The van der Waals surface area contributed by atoms with E-state index in [2.05, 4.69) is 59.4 Å². The second-order valence-electron chi connectivity index (χ2n) is 5.16. The van der Waals surface area contributed by atoms with Crippen molar-refractivity contribution in [2.24, 2.45) is 11.8 Å². The zero-order valence-corrected chi connectivity index (χ0v) is 12.3. The van der Waals surface area contributed by atoms with Gasteiger partial charge in [-0.1, -0.05) is 48.0 Å². The van der Waals surface area contributed by atoms with Crippen LogP contribution in [-0.4, -0.2) is 12.6 Å². The van der Waals surface area contributed by atoms with E-state index in [1.54, 1.807) is 0 Å². The average molecular weight is 296 g/mol. The van der Waals surface area contributed by atoms with Crippen molar-refractivity contribution in [1.82, 2.24) is 5.32 Å². The first-order chi connectivity index (χ1) is 8.22. The van der Waals surface area contributed by atoms with Gasteiger partial charge in [0.05, 0.1) is 0 Å². The number of nitrogens with one attached hydrogen (secondary N) is 1. The smallest absolute Gasteiger partial charge is 0.0207 e. The van der Waals surface area contributed by atoms with Crippen LogP contribution in [-0.2, 0) is 6.42 Å². The maximum absolute atomic E-state index is 3.65. The number of hydrogen-bond acceptors (Lipinski definition) is 1. The first-order valence-electron chi connectivity index (χ1n) is 6.69. The molecular formula is C15H22BrN. The molecule has 3 atom stereocenters. The molecule has 1 aromatic carbocycles. The van der Waals surface area contributed by atoms with Gasteiger partial charge in [0, 0.05) is 10.5 Å². The normalized spacial score (nSPS) is 28.5. The molecule has 1 nitrogen and oxygen atoms in total. The lowest BCUT2D eigenvalue weighted by Crippen LogP contribution is -2.32. The van der Waals surface area contributed by atoms with Crippen molar-refractivity contribution in [2.45, 2.75) is 39.2 Å². The third-order valence-electron chi connectivity index (χ3n) is 4.13. The topological polar surface area (TPSA) is 12.0 Å². The molecule has 17 heavy (non-hydrogen) atoms. The Balaban J connectivity index is 1.99. The maximum Gasteiger partial charge on any atom is 0.0207 e. The zero-order valence-electron chi connectivity index (χ0n) is 10.7. The van der Waals surface area contributed by atoms with E-state index in [0.717, 1.165) is 24.4 Å². The predicted molar refractivity (Wildman–Crippen MR) is 77.2 cm³/mol. The fraction of sp³-hybridized carbons (Fsp3) is 0.600. The molecule has 0 radical (unpaired) electrons. The van der Waals surface area contributed by atoms with E-state index in [9.17, 15) is 0 Å². The Morgan fingerprint density at radius 2 is 2.06 bits per heavy atom. The highest BCUT2D eigenvalue weighted by Crippen LogP contribution is 2.35. The largest absolute Gasteiger partial charge is 0.314 e. The van der Waals surface area contributed by atoms with Crippen LogP contribution >= 0.6 is 15.9 Å². The predicted octanol–water partition coefficient (Wildman–Crippen LogP) is 4.02. The van der Waals surface area contributed by atoms with Crippen LogP contribution < -0.4 is 5.32 Å². The van der Waals surface area contributed by atoms with Gasteiger partial charge in [-0.2, -0.15) is 0 Å². The van der Waals surface area contributed by atoms with Crippen molar-refractivity contribution in [3.63, 3.8) is 0 Å². The molecule has 1 fully saturated rings. The summed E-state index contributed by atoms with van der Waals surface area (Å²) in [5, 5.41) is 3.61. The molecule has 0 aromatic heterocycles. The van der Waals surface area contributed by atoms with Crippen LogP contribution in [0.3, 0.4) is 0 Å². The Kier molecular flexibility index (Phi) is 4.63. The quantitative estimate of drug-likeness (QED) is 0.885. The second-order valence-corrected chi connectivity index (χ2v) is 6.01. The third kappa shape index (κ3) is 3.11. The SMILES string of the molecule is CCNC1CCC(Cc2ccccc2Br)C1C. The monoisotopic (exact) mass is 295 g/mol. The Bertz CT molecular complexity index is 364. The van der Waals surface area contributed by atoms with Crippen molar-refractivity contribution < 1.29 is 0 Å². The highest BCUT2D eigenvalue weighted by atomic mass is 79.9. The fourth-order valence-electron chi connectivity index (χ4n) is 3.03. The van der Waals surface area contributed by atoms with E-state index in [4.69, 9.17) is 0 Å². The number of rotatable bonds is 4. The minimum Gasteiger partial charge on any atom is -0.314 e. The summed E-state index contributed by atoms with van der Waals surface area (Å²) in [6.45, 7) is 5.70. The maximum atomic E-state index is 3.65. The van der Waals surface area contributed by atoms with Gasteiger partial charge in [0.1, 0.15) is 0 Å². The average Bonchev–Trinajstić information content (AvgIpc) is 2.65. The van der Waals surface area contributed by atoms with Gasteiger partial charge in [-0.05, 0) is 49.3 Å². The van der Waals surface area contributed by atoms with Gasteiger partial charge in [-0.3, -0.25) is 0 Å². The molecule has 1 aliphatic rings. The molecule has 0 saturated heterocycles. The summed E-state index contributed by atoms with van der Waals surface area (Å²) in [6, 6.07) is 9.36. The van der Waals surface area contributed by atoms with E-state index in [1.165, 1.54) is 29.3 Å². The summed E-state index contributed by atoms with van der Waals surface area (Å²) >= 11 is 3.65. The molecule has 0 bridgehead atoms. The molecule has 1 N–H and O–H groups in total. The lowest BCUT2D eigenvalue weighted by Gasteiger charge is -2.21. The van der Waals surface area contributed by atoms with Gasteiger partial charge in [-0.15, -0.1) is 0 Å². The summed E-state index contributed by atoms with van der Waals surface area (Å²) in [7, 11) is 0. The van der Waals surface area contributed by atoms with Gasteiger partial charge < -0.3 is 5.32 Å². The molecule has 1 aromatic rings. The van der Waals surface area contributed by atoms with Crippen molar-refractivity contribution in [3.8, 4) is 0 Å². The Labute approximate surface area is 113 Å². The number of benzene rings is 1. The molecule has 1 aliphatic carbocycles. The molecule has 94 valence electrons. The second kappa shape index (κ2) is 6.01. The first kappa shape index (κ1) is 13.1. The summed E-state index contributed by atoms with van der Waals surface area (Å²) in [5.41, 5.74) is 1.46. The van der Waals surface area contributed by atoms with Gasteiger partial charge in [0.2, 0.25) is 0 Å². The van der Waals surface area contributed by atoms with Crippen LogP contribution in [0.2, 0.25) is 0 Å². The highest BCUT2D eigenvalue weighted by Gasteiger charge is 2.32. The van der Waals surface area contributed by atoms with E-state index >= 15 is 0 Å².